The van der Waals surface area contributed by atoms with Gasteiger partial charge < -0.3 is 18.9 Å². The summed E-state index contributed by atoms with van der Waals surface area (Å²) in [5.74, 6) is -3.53. The number of esters is 4. The number of rotatable bonds is 8. The zero-order valence-electron chi connectivity index (χ0n) is 12.1. The molecule has 0 aromatic heterocycles. The van der Waals surface area contributed by atoms with Gasteiger partial charge >= 0.3 is 23.9 Å². The molecule has 0 rings (SSSR count). The maximum Gasteiger partial charge on any atom is 0.355 e. The summed E-state index contributed by atoms with van der Waals surface area (Å²) in [6.45, 7) is 2.96. The lowest BCUT2D eigenvalue weighted by molar-refractivity contribution is -0.174. The largest absolute Gasteiger partial charge is 0.463 e. The van der Waals surface area contributed by atoms with E-state index in [1.807, 2.05) is 0 Å². The number of carbonyl (C=O) groups is 4. The van der Waals surface area contributed by atoms with Crippen molar-refractivity contribution in [1.82, 2.24) is 0 Å². The molecule has 0 radical (unpaired) electrons. The Balaban J connectivity index is 4.42. The zero-order valence-corrected chi connectivity index (χ0v) is 12.1. The van der Waals surface area contributed by atoms with E-state index < -0.39 is 30.0 Å². The SMILES string of the molecule is CCOC(=O)/C=C\C(=O)OC(CC)C(=O)OC(=O)COC. The second-order valence-corrected chi connectivity index (χ2v) is 3.65. The molecule has 0 aromatic carbocycles. The summed E-state index contributed by atoms with van der Waals surface area (Å²) in [7, 11) is 1.27. The monoisotopic (exact) mass is 302 g/mol. The van der Waals surface area contributed by atoms with Crippen molar-refractivity contribution >= 4 is 23.9 Å². The first-order valence-corrected chi connectivity index (χ1v) is 6.23. The van der Waals surface area contributed by atoms with Gasteiger partial charge in [0.2, 0.25) is 0 Å². The Hall–Kier alpha value is -2.22. The van der Waals surface area contributed by atoms with E-state index in [0.717, 1.165) is 12.2 Å². The molecule has 0 spiro atoms. The summed E-state index contributed by atoms with van der Waals surface area (Å²) >= 11 is 0. The number of hydrogen-bond acceptors (Lipinski definition) is 8. The van der Waals surface area contributed by atoms with Crippen molar-refractivity contribution in [2.75, 3.05) is 20.3 Å². The second kappa shape index (κ2) is 10.6. The minimum atomic E-state index is -1.25. The van der Waals surface area contributed by atoms with Crippen molar-refractivity contribution in [1.29, 1.82) is 0 Å². The first-order chi connectivity index (χ1) is 9.94. The molecule has 0 saturated heterocycles. The first kappa shape index (κ1) is 18.8. The van der Waals surface area contributed by atoms with Crippen molar-refractivity contribution in [2.45, 2.75) is 26.4 Å². The van der Waals surface area contributed by atoms with E-state index in [4.69, 9.17) is 4.74 Å². The molecule has 0 amide bonds. The smallest absolute Gasteiger partial charge is 0.355 e. The molecule has 0 aliphatic rings. The van der Waals surface area contributed by atoms with Gasteiger partial charge in [-0.25, -0.2) is 19.2 Å². The second-order valence-electron chi connectivity index (χ2n) is 3.65. The molecule has 0 heterocycles. The maximum absolute atomic E-state index is 11.5. The van der Waals surface area contributed by atoms with Gasteiger partial charge in [-0.05, 0) is 13.3 Å². The Morgan fingerprint density at radius 3 is 2.19 bits per heavy atom. The number of carbonyl (C=O) groups excluding carboxylic acids is 4. The summed E-state index contributed by atoms with van der Waals surface area (Å²) in [6.07, 6.45) is 0.563. The highest BCUT2D eigenvalue weighted by Gasteiger charge is 2.24. The number of hydrogen-bond donors (Lipinski definition) is 0. The van der Waals surface area contributed by atoms with Crippen LogP contribution in [-0.2, 0) is 38.1 Å². The molecule has 118 valence electrons. The lowest BCUT2D eigenvalue weighted by Gasteiger charge is -2.12. The van der Waals surface area contributed by atoms with Crippen LogP contribution in [0.15, 0.2) is 12.2 Å². The fourth-order valence-corrected chi connectivity index (χ4v) is 1.13. The normalized spacial score (nSPS) is 11.8. The molecule has 0 fully saturated rings. The molecular formula is C13H18O8. The molecule has 8 nitrogen and oxygen atoms in total. The topological polar surface area (TPSA) is 105 Å². The van der Waals surface area contributed by atoms with Crippen LogP contribution in [0.25, 0.3) is 0 Å². The Labute approximate surface area is 122 Å². The molecule has 0 aliphatic carbocycles. The third kappa shape index (κ3) is 8.53. The van der Waals surface area contributed by atoms with Crippen molar-refractivity contribution in [3.05, 3.63) is 12.2 Å². The predicted octanol–water partition coefficient (Wildman–Crippen LogP) is 0.144. The van der Waals surface area contributed by atoms with Gasteiger partial charge in [0.05, 0.1) is 6.61 Å². The van der Waals surface area contributed by atoms with Gasteiger partial charge in [-0.3, -0.25) is 0 Å². The number of ether oxygens (including phenoxy) is 4. The molecule has 1 unspecified atom stereocenters. The molecule has 1 atom stereocenters. The van der Waals surface area contributed by atoms with Gasteiger partial charge in [-0.1, -0.05) is 6.92 Å². The third-order valence-electron chi connectivity index (χ3n) is 2.01. The van der Waals surface area contributed by atoms with E-state index in [1.165, 1.54) is 7.11 Å². The average Bonchev–Trinajstić information content (AvgIpc) is 2.42. The van der Waals surface area contributed by atoms with Crippen LogP contribution in [0, 0.1) is 0 Å². The third-order valence-corrected chi connectivity index (χ3v) is 2.01. The van der Waals surface area contributed by atoms with E-state index >= 15 is 0 Å². The van der Waals surface area contributed by atoms with Gasteiger partial charge in [0.25, 0.3) is 0 Å². The van der Waals surface area contributed by atoms with Gasteiger partial charge in [0, 0.05) is 19.3 Å². The minimum absolute atomic E-state index is 0.109. The lowest BCUT2D eigenvalue weighted by Crippen LogP contribution is -2.31. The standard InChI is InChI=1S/C13H18O8/c1-4-9(13(17)21-12(16)8-18-3)20-11(15)7-6-10(14)19-5-2/h6-7,9H,4-5,8H2,1-3H3/b7-6-. The molecule has 0 saturated carbocycles. The van der Waals surface area contributed by atoms with Crippen LogP contribution in [0.3, 0.4) is 0 Å². The van der Waals surface area contributed by atoms with Crippen LogP contribution in [-0.4, -0.2) is 50.3 Å². The molecule has 0 bridgehead atoms. The van der Waals surface area contributed by atoms with Crippen LogP contribution in [0.1, 0.15) is 20.3 Å². The Morgan fingerprint density at radius 2 is 1.67 bits per heavy atom. The summed E-state index contributed by atoms with van der Waals surface area (Å²) in [6, 6.07) is 0. The summed E-state index contributed by atoms with van der Waals surface area (Å²) in [5.41, 5.74) is 0. The van der Waals surface area contributed by atoms with Crippen LogP contribution in [0.5, 0.6) is 0 Å². The van der Waals surface area contributed by atoms with E-state index in [-0.39, 0.29) is 19.6 Å². The molecule has 8 heteroatoms. The highest BCUT2D eigenvalue weighted by molar-refractivity contribution is 5.94. The van der Waals surface area contributed by atoms with Crippen molar-refractivity contribution < 1.29 is 38.1 Å². The summed E-state index contributed by atoms with van der Waals surface area (Å²) < 4.78 is 18.2. The van der Waals surface area contributed by atoms with Gasteiger partial charge in [0.15, 0.2) is 6.10 Å². The Kier molecular flexibility index (Phi) is 9.44. The minimum Gasteiger partial charge on any atom is -0.463 e. The zero-order chi connectivity index (χ0) is 16.3. The van der Waals surface area contributed by atoms with Gasteiger partial charge in [0.1, 0.15) is 6.61 Å². The van der Waals surface area contributed by atoms with E-state index in [9.17, 15) is 19.2 Å². The fourth-order valence-electron chi connectivity index (χ4n) is 1.13. The molecule has 0 N–H and O–H groups in total. The molecule has 21 heavy (non-hydrogen) atoms. The molecule has 0 aliphatic heterocycles. The van der Waals surface area contributed by atoms with Gasteiger partial charge in [-0.2, -0.15) is 0 Å². The number of methoxy groups -OCH3 is 1. The molecular weight excluding hydrogens is 284 g/mol. The highest BCUT2D eigenvalue weighted by atomic mass is 16.6. The Morgan fingerprint density at radius 1 is 1.05 bits per heavy atom. The van der Waals surface area contributed by atoms with Crippen molar-refractivity contribution in [3.8, 4) is 0 Å². The summed E-state index contributed by atoms with van der Waals surface area (Å²) in [4.78, 5) is 45.0. The van der Waals surface area contributed by atoms with Crippen LogP contribution >= 0.6 is 0 Å². The molecule has 0 aromatic rings. The van der Waals surface area contributed by atoms with Crippen molar-refractivity contribution in [3.63, 3.8) is 0 Å². The first-order valence-electron chi connectivity index (χ1n) is 6.23. The predicted molar refractivity (Wildman–Crippen MR) is 68.9 cm³/mol. The van der Waals surface area contributed by atoms with Crippen LogP contribution in [0.4, 0.5) is 0 Å². The van der Waals surface area contributed by atoms with Crippen LogP contribution in [0.2, 0.25) is 0 Å². The quantitative estimate of drug-likeness (QED) is 0.270. The highest BCUT2D eigenvalue weighted by Crippen LogP contribution is 2.03. The van der Waals surface area contributed by atoms with E-state index in [2.05, 4.69) is 14.2 Å². The van der Waals surface area contributed by atoms with Crippen LogP contribution < -0.4 is 0 Å². The summed E-state index contributed by atoms with van der Waals surface area (Å²) in [5, 5.41) is 0. The van der Waals surface area contributed by atoms with E-state index in [1.54, 1.807) is 13.8 Å². The average molecular weight is 302 g/mol. The maximum atomic E-state index is 11.5. The van der Waals surface area contributed by atoms with E-state index in [0.29, 0.717) is 0 Å². The fraction of sp³-hybridized carbons (Fsp3) is 0.538. The van der Waals surface area contributed by atoms with Gasteiger partial charge in [-0.15, -0.1) is 0 Å². The lowest BCUT2D eigenvalue weighted by atomic mass is 10.3. The van der Waals surface area contributed by atoms with Crippen molar-refractivity contribution in [2.24, 2.45) is 0 Å². The Bertz CT molecular complexity index is 412.